The van der Waals surface area contributed by atoms with Crippen molar-refractivity contribution in [2.75, 3.05) is 4.90 Å². The van der Waals surface area contributed by atoms with Gasteiger partial charge in [0.15, 0.2) is 0 Å². The van der Waals surface area contributed by atoms with Crippen molar-refractivity contribution in [1.29, 1.82) is 0 Å². The zero-order chi connectivity index (χ0) is 41.6. The Bertz CT molecular complexity index is 3240. The lowest BCUT2D eigenvalue weighted by molar-refractivity contribution is 0.662. The molecule has 0 aromatic heterocycles. The highest BCUT2D eigenvalue weighted by atomic mass is 15.1. The lowest BCUT2D eigenvalue weighted by Gasteiger charge is -2.31. The van der Waals surface area contributed by atoms with E-state index in [1.807, 2.05) is 0 Å². The first-order chi connectivity index (χ1) is 30.5. The number of fused-ring (bicyclic) bond motifs is 4. The summed E-state index contributed by atoms with van der Waals surface area (Å²) in [5.74, 6) is 0. The third-order valence-electron chi connectivity index (χ3n) is 12.9. The van der Waals surface area contributed by atoms with Gasteiger partial charge in [0.25, 0.3) is 0 Å². The molecule has 0 heterocycles. The average molecular weight is 792 g/mol. The van der Waals surface area contributed by atoms with Gasteiger partial charge in [-0.3, -0.25) is 0 Å². The van der Waals surface area contributed by atoms with Crippen molar-refractivity contribution in [3.63, 3.8) is 0 Å². The largest absolute Gasteiger partial charge is 0.310 e. The van der Waals surface area contributed by atoms with Crippen LogP contribution in [0.3, 0.4) is 0 Å². The van der Waals surface area contributed by atoms with Crippen LogP contribution in [0.2, 0.25) is 0 Å². The van der Waals surface area contributed by atoms with E-state index in [4.69, 9.17) is 0 Å². The van der Waals surface area contributed by atoms with Crippen LogP contribution in [-0.2, 0) is 5.41 Å². The summed E-state index contributed by atoms with van der Waals surface area (Å²) in [6, 6.07) is 86.7. The molecule has 11 rings (SSSR count). The van der Waals surface area contributed by atoms with Gasteiger partial charge in [-0.2, -0.15) is 0 Å². The number of hydrogen-bond donors (Lipinski definition) is 0. The molecule has 0 aliphatic heterocycles. The molecule has 0 saturated carbocycles. The summed E-state index contributed by atoms with van der Waals surface area (Å²) in [7, 11) is 0. The van der Waals surface area contributed by atoms with Crippen LogP contribution < -0.4 is 4.90 Å². The van der Waals surface area contributed by atoms with E-state index < -0.39 is 0 Å². The molecule has 1 nitrogen and oxygen atoms in total. The minimum absolute atomic E-state index is 0.145. The van der Waals surface area contributed by atoms with Crippen LogP contribution in [0.4, 0.5) is 17.1 Å². The molecule has 0 spiro atoms. The maximum Gasteiger partial charge on any atom is 0.0546 e. The van der Waals surface area contributed by atoms with Crippen LogP contribution in [-0.4, -0.2) is 0 Å². The summed E-state index contributed by atoms with van der Waals surface area (Å²) in [5, 5.41) is 2.49. The van der Waals surface area contributed by atoms with Crippen LogP contribution >= 0.6 is 0 Å². The van der Waals surface area contributed by atoms with Crippen molar-refractivity contribution in [2.45, 2.75) is 19.3 Å². The minimum Gasteiger partial charge on any atom is -0.310 e. The van der Waals surface area contributed by atoms with E-state index in [1.54, 1.807) is 0 Å². The predicted molar refractivity (Wildman–Crippen MR) is 263 cm³/mol. The predicted octanol–water partition coefficient (Wildman–Crippen LogP) is 17.0. The number of nitrogens with zero attached hydrogens (tertiary/aromatic N) is 1. The maximum absolute atomic E-state index is 2.48. The standard InChI is InChI=1S/C61H45N/c1-61(2)57-35-14-13-29-54(57)56-34-17-33-53(60(56)61)46-25-15-26-48(41-46)62(47-39-37-45(38-40-47)50-31-16-24-43-23-9-10-27-49(43)50)58-36-18-32-52(44-21-7-4-8-22-44)59(58)55-30-12-11-28-51(55)42-19-5-3-6-20-42/h3-41H,1-2H3. The Morgan fingerprint density at radius 3 is 1.63 bits per heavy atom. The summed E-state index contributed by atoms with van der Waals surface area (Å²) >= 11 is 0. The molecule has 0 fully saturated rings. The highest BCUT2D eigenvalue weighted by Gasteiger charge is 2.37. The minimum atomic E-state index is -0.145. The van der Waals surface area contributed by atoms with Crippen molar-refractivity contribution in [3.8, 4) is 66.8 Å². The SMILES string of the molecule is CC1(C)c2ccccc2-c2cccc(-c3cccc(N(c4ccc(-c5cccc6ccccc56)cc4)c4cccc(-c5ccccc5)c4-c4ccccc4-c4ccccc4)c3)c21. The summed E-state index contributed by atoms with van der Waals surface area (Å²) in [4.78, 5) is 2.48. The number of anilines is 3. The van der Waals surface area contributed by atoms with E-state index in [-0.39, 0.29) is 5.41 Å². The van der Waals surface area contributed by atoms with Gasteiger partial charge < -0.3 is 4.90 Å². The highest BCUT2D eigenvalue weighted by Crippen LogP contribution is 2.53. The van der Waals surface area contributed by atoms with Crippen LogP contribution in [0.1, 0.15) is 25.0 Å². The molecule has 0 N–H and O–H groups in total. The molecule has 0 radical (unpaired) electrons. The average Bonchev–Trinajstić information content (AvgIpc) is 3.58. The molecule has 1 aliphatic carbocycles. The fourth-order valence-electron chi connectivity index (χ4n) is 10.0. The zero-order valence-electron chi connectivity index (χ0n) is 35.0. The second kappa shape index (κ2) is 15.4. The van der Waals surface area contributed by atoms with Crippen molar-refractivity contribution in [1.82, 2.24) is 0 Å². The van der Waals surface area contributed by atoms with Crippen molar-refractivity contribution in [2.24, 2.45) is 0 Å². The second-order valence-corrected chi connectivity index (χ2v) is 16.8. The topological polar surface area (TPSA) is 3.24 Å². The fraction of sp³-hybridized carbons (Fsp3) is 0.0492. The molecule has 10 aromatic carbocycles. The Hall–Kier alpha value is -7.74. The molecule has 0 amide bonds. The van der Waals surface area contributed by atoms with E-state index in [0.717, 1.165) is 17.1 Å². The first kappa shape index (κ1) is 37.3. The maximum atomic E-state index is 2.48. The second-order valence-electron chi connectivity index (χ2n) is 16.8. The molecule has 0 saturated heterocycles. The van der Waals surface area contributed by atoms with Crippen LogP contribution in [0.25, 0.3) is 77.5 Å². The summed E-state index contributed by atoms with van der Waals surface area (Å²) < 4.78 is 0. The third-order valence-corrected chi connectivity index (χ3v) is 12.9. The first-order valence-corrected chi connectivity index (χ1v) is 21.6. The van der Waals surface area contributed by atoms with Gasteiger partial charge in [0, 0.05) is 22.4 Å². The van der Waals surface area contributed by atoms with Crippen molar-refractivity contribution < 1.29 is 0 Å². The van der Waals surface area contributed by atoms with Crippen molar-refractivity contribution >= 4 is 27.8 Å². The molecule has 0 bridgehead atoms. The van der Waals surface area contributed by atoms with Gasteiger partial charge in [-0.1, -0.05) is 220 Å². The third kappa shape index (κ3) is 6.33. The Labute approximate surface area is 364 Å². The molecular weight excluding hydrogens is 747 g/mol. The fourth-order valence-corrected chi connectivity index (χ4v) is 10.0. The zero-order valence-corrected chi connectivity index (χ0v) is 35.0. The molecule has 0 atom stereocenters. The highest BCUT2D eigenvalue weighted by molar-refractivity contribution is 6.02. The van der Waals surface area contributed by atoms with Gasteiger partial charge in [0.1, 0.15) is 0 Å². The monoisotopic (exact) mass is 791 g/mol. The summed E-state index contributed by atoms with van der Waals surface area (Å²) in [6.07, 6.45) is 0. The number of hydrogen-bond acceptors (Lipinski definition) is 1. The van der Waals surface area contributed by atoms with E-state index in [9.17, 15) is 0 Å². The Kier molecular flexibility index (Phi) is 9.24. The van der Waals surface area contributed by atoms with Gasteiger partial charge in [0.2, 0.25) is 0 Å². The summed E-state index contributed by atoms with van der Waals surface area (Å²) in [6.45, 7) is 4.75. The smallest absolute Gasteiger partial charge is 0.0546 e. The van der Waals surface area contributed by atoms with Gasteiger partial charge >= 0.3 is 0 Å². The Morgan fingerprint density at radius 2 is 0.839 bits per heavy atom. The molecule has 294 valence electrons. The molecule has 62 heavy (non-hydrogen) atoms. The molecule has 0 unspecified atom stereocenters. The molecular formula is C61H45N. The van der Waals surface area contributed by atoms with Gasteiger partial charge in [0.05, 0.1) is 5.69 Å². The molecule has 1 aliphatic rings. The van der Waals surface area contributed by atoms with Crippen LogP contribution in [0.15, 0.2) is 237 Å². The lowest BCUT2D eigenvalue weighted by Crippen LogP contribution is -2.16. The van der Waals surface area contributed by atoms with E-state index >= 15 is 0 Å². The first-order valence-electron chi connectivity index (χ1n) is 21.6. The Morgan fingerprint density at radius 1 is 0.323 bits per heavy atom. The Balaban J connectivity index is 1.15. The lowest BCUT2D eigenvalue weighted by atomic mass is 9.79. The van der Waals surface area contributed by atoms with Crippen LogP contribution in [0, 0.1) is 0 Å². The van der Waals surface area contributed by atoms with E-state index in [0.29, 0.717) is 0 Å². The van der Waals surface area contributed by atoms with Gasteiger partial charge in [-0.05, 0) is 113 Å². The molecule has 10 aromatic rings. The van der Waals surface area contributed by atoms with Gasteiger partial charge in [-0.15, -0.1) is 0 Å². The number of rotatable bonds is 8. The van der Waals surface area contributed by atoms with Crippen LogP contribution in [0.5, 0.6) is 0 Å². The van der Waals surface area contributed by atoms with Gasteiger partial charge in [-0.25, -0.2) is 0 Å². The van der Waals surface area contributed by atoms with E-state index in [2.05, 4.69) is 255 Å². The quantitative estimate of drug-likeness (QED) is 0.148. The normalized spacial score (nSPS) is 12.5. The van der Waals surface area contributed by atoms with E-state index in [1.165, 1.54) is 88.7 Å². The number of benzene rings is 10. The summed E-state index contributed by atoms with van der Waals surface area (Å²) in [5.41, 5.74) is 20.5. The van der Waals surface area contributed by atoms with Crippen molar-refractivity contribution in [3.05, 3.63) is 248 Å². The molecule has 1 heteroatoms.